The molecular formula is C24H34F2. The molecule has 0 nitrogen and oxygen atoms in total. The van der Waals surface area contributed by atoms with Crippen LogP contribution in [0.5, 0.6) is 0 Å². The lowest BCUT2D eigenvalue weighted by atomic mass is 9.74. The molecule has 2 aliphatic rings. The number of hydrogen-bond acceptors (Lipinski definition) is 0. The van der Waals surface area contributed by atoms with Gasteiger partial charge in [-0.05, 0) is 79.9 Å². The monoisotopic (exact) mass is 360 g/mol. The molecule has 0 radical (unpaired) electrons. The van der Waals surface area contributed by atoms with E-state index in [1.165, 1.54) is 76.3 Å². The maximum Gasteiger partial charge on any atom is 0.159 e. The Hall–Kier alpha value is -1.18. The summed E-state index contributed by atoms with van der Waals surface area (Å²) in [5.41, 5.74) is 0.986. The molecular weight excluding hydrogens is 326 g/mol. The van der Waals surface area contributed by atoms with E-state index in [0.717, 1.165) is 36.2 Å². The average Bonchev–Trinajstić information content (AvgIpc) is 2.68. The van der Waals surface area contributed by atoms with Gasteiger partial charge in [0.1, 0.15) is 0 Å². The van der Waals surface area contributed by atoms with Gasteiger partial charge in [0.15, 0.2) is 11.6 Å². The van der Waals surface area contributed by atoms with Gasteiger partial charge in [0.2, 0.25) is 0 Å². The molecule has 0 aliphatic heterocycles. The molecule has 2 heteroatoms. The zero-order valence-corrected chi connectivity index (χ0v) is 16.1. The van der Waals surface area contributed by atoms with Crippen LogP contribution < -0.4 is 0 Å². The van der Waals surface area contributed by atoms with Crippen molar-refractivity contribution in [3.63, 3.8) is 0 Å². The van der Waals surface area contributed by atoms with Crippen LogP contribution in [-0.4, -0.2) is 0 Å². The first-order valence-electron chi connectivity index (χ1n) is 10.7. The van der Waals surface area contributed by atoms with Crippen LogP contribution in [0.2, 0.25) is 0 Å². The van der Waals surface area contributed by atoms with Crippen molar-refractivity contribution >= 4 is 0 Å². The number of halogens is 2. The fraction of sp³-hybridized carbons (Fsp3) is 0.667. The zero-order chi connectivity index (χ0) is 18.4. The summed E-state index contributed by atoms with van der Waals surface area (Å²) in [7, 11) is 0. The summed E-state index contributed by atoms with van der Waals surface area (Å²) in [6.07, 6.45) is 17.8. The molecule has 1 aromatic rings. The van der Waals surface area contributed by atoms with E-state index in [-0.39, 0.29) is 0 Å². The Morgan fingerprint density at radius 3 is 1.85 bits per heavy atom. The SMILES string of the molecule is C=CCC[C@H]1CC[C@H](CC[C@H]2CC[C@H](c3ccc(F)c(F)c3)CC2)CC1. The first kappa shape index (κ1) is 19.6. The third kappa shape index (κ3) is 5.41. The van der Waals surface area contributed by atoms with Crippen LogP contribution in [0.3, 0.4) is 0 Å². The highest BCUT2D eigenvalue weighted by atomic mass is 19.2. The Morgan fingerprint density at radius 2 is 1.31 bits per heavy atom. The van der Waals surface area contributed by atoms with Gasteiger partial charge in [-0.25, -0.2) is 8.78 Å². The normalized spacial score (nSPS) is 29.5. The van der Waals surface area contributed by atoms with Crippen LogP contribution in [0.25, 0.3) is 0 Å². The minimum Gasteiger partial charge on any atom is -0.204 e. The summed E-state index contributed by atoms with van der Waals surface area (Å²) in [4.78, 5) is 0. The summed E-state index contributed by atoms with van der Waals surface area (Å²) in [5.74, 6) is 1.71. The second kappa shape index (κ2) is 9.67. The van der Waals surface area contributed by atoms with E-state index in [0.29, 0.717) is 5.92 Å². The highest BCUT2D eigenvalue weighted by molar-refractivity contribution is 5.22. The second-order valence-electron chi connectivity index (χ2n) is 8.72. The van der Waals surface area contributed by atoms with E-state index < -0.39 is 11.6 Å². The molecule has 26 heavy (non-hydrogen) atoms. The Balaban J connectivity index is 1.35. The van der Waals surface area contributed by atoms with Crippen molar-refractivity contribution in [1.29, 1.82) is 0 Å². The standard InChI is InChI=1S/C24H34F2/c1-2-3-4-18-5-7-19(8-6-18)9-10-20-11-13-21(14-12-20)22-15-16-23(25)24(26)17-22/h2,15-21H,1,3-14H2/t18-,19-,20-,21-. The van der Waals surface area contributed by atoms with Crippen molar-refractivity contribution in [2.45, 2.75) is 83.0 Å². The van der Waals surface area contributed by atoms with Gasteiger partial charge in [-0.3, -0.25) is 0 Å². The van der Waals surface area contributed by atoms with Gasteiger partial charge in [0, 0.05) is 0 Å². The average molecular weight is 361 g/mol. The van der Waals surface area contributed by atoms with E-state index in [9.17, 15) is 8.78 Å². The largest absolute Gasteiger partial charge is 0.204 e. The molecule has 0 saturated heterocycles. The number of benzene rings is 1. The molecule has 0 unspecified atom stereocenters. The van der Waals surface area contributed by atoms with Gasteiger partial charge in [-0.2, -0.15) is 0 Å². The van der Waals surface area contributed by atoms with Crippen LogP contribution >= 0.6 is 0 Å². The van der Waals surface area contributed by atoms with Crippen molar-refractivity contribution < 1.29 is 8.78 Å². The van der Waals surface area contributed by atoms with E-state index in [4.69, 9.17) is 0 Å². The van der Waals surface area contributed by atoms with Gasteiger partial charge in [0.05, 0.1) is 0 Å². The van der Waals surface area contributed by atoms with Crippen molar-refractivity contribution in [2.75, 3.05) is 0 Å². The minimum atomic E-state index is -0.735. The maximum absolute atomic E-state index is 13.5. The molecule has 2 aliphatic carbocycles. The molecule has 0 amide bonds. The highest BCUT2D eigenvalue weighted by Crippen LogP contribution is 2.40. The number of hydrogen-bond donors (Lipinski definition) is 0. The van der Waals surface area contributed by atoms with Crippen LogP contribution in [0.15, 0.2) is 30.9 Å². The van der Waals surface area contributed by atoms with E-state index in [2.05, 4.69) is 12.7 Å². The first-order valence-corrected chi connectivity index (χ1v) is 10.7. The van der Waals surface area contributed by atoms with Crippen LogP contribution in [0, 0.1) is 29.4 Å². The van der Waals surface area contributed by atoms with E-state index in [1.807, 2.05) is 0 Å². The Labute approximate surface area is 158 Å². The molecule has 0 spiro atoms. The summed E-state index contributed by atoms with van der Waals surface area (Å²) < 4.78 is 26.6. The maximum atomic E-state index is 13.5. The Morgan fingerprint density at radius 1 is 0.769 bits per heavy atom. The second-order valence-corrected chi connectivity index (χ2v) is 8.72. The predicted molar refractivity (Wildman–Crippen MR) is 105 cm³/mol. The quantitative estimate of drug-likeness (QED) is 0.435. The molecule has 0 heterocycles. The smallest absolute Gasteiger partial charge is 0.159 e. The summed E-state index contributed by atoms with van der Waals surface area (Å²) >= 11 is 0. The molecule has 0 N–H and O–H groups in total. The molecule has 1 aromatic carbocycles. The predicted octanol–water partition coefficient (Wildman–Crippen LogP) is 7.79. The first-order chi connectivity index (χ1) is 12.7. The number of rotatable bonds is 7. The molecule has 2 fully saturated rings. The lowest BCUT2D eigenvalue weighted by molar-refractivity contribution is 0.225. The zero-order valence-electron chi connectivity index (χ0n) is 16.1. The van der Waals surface area contributed by atoms with Crippen molar-refractivity contribution in [3.05, 3.63) is 48.1 Å². The molecule has 0 bridgehead atoms. The Bertz CT molecular complexity index is 564. The Kier molecular flexibility index (Phi) is 7.28. The molecule has 2 saturated carbocycles. The molecule has 144 valence electrons. The third-order valence-corrected chi connectivity index (χ3v) is 6.99. The molecule has 0 atom stereocenters. The molecule has 3 rings (SSSR count). The topological polar surface area (TPSA) is 0 Å². The van der Waals surface area contributed by atoms with Crippen molar-refractivity contribution in [2.24, 2.45) is 17.8 Å². The highest BCUT2D eigenvalue weighted by Gasteiger charge is 2.25. The van der Waals surface area contributed by atoms with Gasteiger partial charge in [-0.1, -0.05) is 50.7 Å². The van der Waals surface area contributed by atoms with Crippen LogP contribution in [0.4, 0.5) is 8.78 Å². The fourth-order valence-electron chi connectivity index (χ4n) is 5.18. The summed E-state index contributed by atoms with van der Waals surface area (Å²) in [5, 5.41) is 0. The lowest BCUT2D eigenvalue weighted by Crippen LogP contribution is -2.17. The lowest BCUT2D eigenvalue weighted by Gasteiger charge is -2.32. The third-order valence-electron chi connectivity index (χ3n) is 6.99. The minimum absolute atomic E-state index is 0.418. The number of allylic oxidation sites excluding steroid dienone is 1. The fourth-order valence-corrected chi connectivity index (χ4v) is 5.18. The van der Waals surface area contributed by atoms with Gasteiger partial charge in [-0.15, -0.1) is 6.58 Å². The van der Waals surface area contributed by atoms with Gasteiger partial charge >= 0.3 is 0 Å². The van der Waals surface area contributed by atoms with Gasteiger partial charge < -0.3 is 0 Å². The van der Waals surface area contributed by atoms with Crippen LogP contribution in [0.1, 0.15) is 88.5 Å². The van der Waals surface area contributed by atoms with E-state index >= 15 is 0 Å². The summed E-state index contributed by atoms with van der Waals surface area (Å²) in [6.45, 7) is 3.84. The van der Waals surface area contributed by atoms with Crippen molar-refractivity contribution in [3.8, 4) is 0 Å². The van der Waals surface area contributed by atoms with Crippen LogP contribution in [-0.2, 0) is 0 Å². The van der Waals surface area contributed by atoms with E-state index in [1.54, 1.807) is 6.07 Å². The summed E-state index contributed by atoms with van der Waals surface area (Å²) in [6, 6.07) is 4.46. The molecule has 0 aromatic heterocycles. The van der Waals surface area contributed by atoms with Crippen molar-refractivity contribution in [1.82, 2.24) is 0 Å². The van der Waals surface area contributed by atoms with Gasteiger partial charge in [0.25, 0.3) is 0 Å².